The Hall–Kier alpha value is -1.96. The fourth-order valence-electron chi connectivity index (χ4n) is 5.39. The molecule has 2 aliphatic carbocycles. The lowest BCUT2D eigenvalue weighted by Crippen LogP contribution is -2.40. The summed E-state index contributed by atoms with van der Waals surface area (Å²) in [7, 11) is -3.26. The normalized spacial score (nSPS) is 22.6. The van der Waals surface area contributed by atoms with Crippen molar-refractivity contribution >= 4 is 21.7 Å². The van der Waals surface area contributed by atoms with Gasteiger partial charge in [-0.15, -0.1) is 0 Å². The number of piperidine rings is 1. The lowest BCUT2D eigenvalue weighted by atomic mass is 9.92. The summed E-state index contributed by atoms with van der Waals surface area (Å²) in [5, 5.41) is 2.37. The summed E-state index contributed by atoms with van der Waals surface area (Å²) in [4.78, 5) is 23.0. The Morgan fingerprint density at radius 2 is 1.82 bits per heavy atom. The van der Waals surface area contributed by atoms with Crippen LogP contribution in [-0.2, 0) is 24.8 Å². The van der Waals surface area contributed by atoms with E-state index in [4.69, 9.17) is 4.74 Å². The highest BCUT2D eigenvalue weighted by molar-refractivity contribution is 7.91. The second-order valence-electron chi connectivity index (χ2n) is 10.5. The van der Waals surface area contributed by atoms with Crippen molar-refractivity contribution in [2.24, 2.45) is 11.8 Å². The van der Waals surface area contributed by atoms with Crippen molar-refractivity contribution in [3.63, 3.8) is 0 Å². The SMILES string of the molecule is O=C1CCC(CCCCCS(=O)(=O)CC2(c3ccc(F)c(OCC4CCCC4)c3)CC2)C(=O)N1. The Morgan fingerprint density at radius 1 is 1.06 bits per heavy atom. The number of rotatable bonds is 12. The number of nitrogens with one attached hydrogen (secondary N) is 1. The zero-order valence-electron chi connectivity index (χ0n) is 19.8. The van der Waals surface area contributed by atoms with Crippen LogP contribution in [0, 0.1) is 17.7 Å². The van der Waals surface area contributed by atoms with Gasteiger partial charge in [-0.25, -0.2) is 12.8 Å². The molecule has 0 spiro atoms. The average molecular weight is 494 g/mol. The minimum Gasteiger partial charge on any atom is -0.490 e. The quantitative estimate of drug-likeness (QED) is 0.343. The molecule has 2 saturated carbocycles. The molecule has 0 bridgehead atoms. The second kappa shape index (κ2) is 10.8. The van der Waals surface area contributed by atoms with E-state index in [-0.39, 0.29) is 35.0 Å². The molecule has 3 aliphatic rings. The van der Waals surface area contributed by atoms with Gasteiger partial charge in [-0.3, -0.25) is 14.9 Å². The number of halogens is 1. The van der Waals surface area contributed by atoms with Gasteiger partial charge in [0.15, 0.2) is 21.4 Å². The third-order valence-corrected chi connectivity index (χ3v) is 9.61. The van der Waals surface area contributed by atoms with Crippen LogP contribution in [0.25, 0.3) is 0 Å². The van der Waals surface area contributed by atoms with Gasteiger partial charge in [0.25, 0.3) is 0 Å². The summed E-state index contributed by atoms with van der Waals surface area (Å²) < 4.78 is 45.8. The maximum Gasteiger partial charge on any atom is 0.229 e. The van der Waals surface area contributed by atoms with Crippen LogP contribution in [0.15, 0.2) is 18.2 Å². The van der Waals surface area contributed by atoms with Crippen molar-refractivity contribution < 1.29 is 27.1 Å². The number of sulfone groups is 1. The molecule has 8 heteroatoms. The number of amides is 2. The van der Waals surface area contributed by atoms with Crippen molar-refractivity contribution in [1.82, 2.24) is 5.32 Å². The molecule has 1 atom stereocenters. The van der Waals surface area contributed by atoms with Crippen LogP contribution in [0.3, 0.4) is 0 Å². The Kier molecular flexibility index (Phi) is 7.95. The van der Waals surface area contributed by atoms with Crippen molar-refractivity contribution in [2.75, 3.05) is 18.1 Å². The van der Waals surface area contributed by atoms with E-state index in [1.807, 2.05) is 0 Å². The smallest absolute Gasteiger partial charge is 0.229 e. The number of ether oxygens (including phenoxy) is 1. The highest BCUT2D eigenvalue weighted by Crippen LogP contribution is 2.50. The van der Waals surface area contributed by atoms with Crippen LogP contribution >= 0.6 is 0 Å². The third-order valence-electron chi connectivity index (χ3n) is 7.70. The lowest BCUT2D eigenvalue weighted by Gasteiger charge is -2.20. The fourth-order valence-corrected chi connectivity index (χ4v) is 7.48. The average Bonchev–Trinajstić information content (AvgIpc) is 3.35. The van der Waals surface area contributed by atoms with Gasteiger partial charge in [0.05, 0.1) is 18.1 Å². The predicted molar refractivity (Wildman–Crippen MR) is 128 cm³/mol. The molecule has 34 heavy (non-hydrogen) atoms. The van der Waals surface area contributed by atoms with Gasteiger partial charge in [0, 0.05) is 17.8 Å². The molecule has 1 saturated heterocycles. The number of hydrogen-bond donors (Lipinski definition) is 1. The molecule has 1 aromatic carbocycles. The van der Waals surface area contributed by atoms with Gasteiger partial charge >= 0.3 is 0 Å². The highest BCUT2D eigenvalue weighted by Gasteiger charge is 2.47. The summed E-state index contributed by atoms with van der Waals surface area (Å²) in [6, 6.07) is 4.83. The van der Waals surface area contributed by atoms with Crippen LogP contribution < -0.4 is 10.1 Å². The van der Waals surface area contributed by atoms with Crippen LogP contribution in [0.4, 0.5) is 4.39 Å². The van der Waals surface area contributed by atoms with Gasteiger partial charge in [-0.1, -0.05) is 31.7 Å². The maximum atomic E-state index is 14.3. The van der Waals surface area contributed by atoms with E-state index in [2.05, 4.69) is 5.32 Å². The van der Waals surface area contributed by atoms with E-state index in [1.54, 1.807) is 12.1 Å². The molecule has 1 aliphatic heterocycles. The molecule has 6 nitrogen and oxygen atoms in total. The Bertz CT molecular complexity index is 998. The molecular formula is C26H36FNO5S. The number of benzene rings is 1. The molecule has 1 unspecified atom stereocenters. The predicted octanol–water partition coefficient (Wildman–Crippen LogP) is 4.45. The Morgan fingerprint density at radius 3 is 2.53 bits per heavy atom. The first kappa shape index (κ1) is 25.1. The largest absolute Gasteiger partial charge is 0.490 e. The number of carbonyl (C=O) groups is 2. The first-order valence-electron chi connectivity index (χ1n) is 12.7. The van der Waals surface area contributed by atoms with Crippen LogP contribution in [0.2, 0.25) is 0 Å². The van der Waals surface area contributed by atoms with Gasteiger partial charge in [0.2, 0.25) is 11.8 Å². The Labute approximate surface area is 201 Å². The molecule has 3 fully saturated rings. The molecule has 0 aromatic heterocycles. The first-order valence-corrected chi connectivity index (χ1v) is 14.6. The number of carbonyl (C=O) groups excluding carboxylic acids is 2. The third kappa shape index (κ3) is 6.58. The van der Waals surface area contributed by atoms with Crippen LogP contribution in [-0.4, -0.2) is 38.3 Å². The standard InChI is InChI=1S/C26H36FNO5S/c27-22-11-10-21(16-23(22)33-17-19-6-3-4-7-19)26(13-14-26)18-34(31,32)15-5-1-2-8-20-9-12-24(29)28-25(20)30/h10-11,16,19-20H,1-9,12-15,17-18H2,(H,28,29,30). The lowest BCUT2D eigenvalue weighted by molar-refractivity contribution is -0.136. The van der Waals surface area contributed by atoms with Crippen LogP contribution in [0.1, 0.15) is 82.6 Å². The van der Waals surface area contributed by atoms with Crippen molar-refractivity contribution in [3.05, 3.63) is 29.6 Å². The van der Waals surface area contributed by atoms with E-state index in [0.29, 0.717) is 38.2 Å². The zero-order chi connectivity index (χ0) is 24.2. The Balaban J connectivity index is 1.25. The summed E-state index contributed by atoms with van der Waals surface area (Å²) in [5.41, 5.74) is 0.432. The minimum absolute atomic E-state index is 0.0842. The number of imide groups is 1. The van der Waals surface area contributed by atoms with Gasteiger partial charge in [-0.2, -0.15) is 0 Å². The zero-order valence-corrected chi connectivity index (χ0v) is 20.6. The maximum absolute atomic E-state index is 14.3. The molecule has 188 valence electrons. The molecule has 1 aromatic rings. The van der Waals surface area contributed by atoms with Gasteiger partial charge < -0.3 is 4.74 Å². The van der Waals surface area contributed by atoms with Crippen LogP contribution in [0.5, 0.6) is 5.75 Å². The molecular weight excluding hydrogens is 457 g/mol. The summed E-state index contributed by atoms with van der Waals surface area (Å²) in [6.45, 7) is 0.518. The van der Waals surface area contributed by atoms with Crippen molar-refractivity contribution in [2.45, 2.75) is 82.5 Å². The monoisotopic (exact) mass is 493 g/mol. The molecule has 0 radical (unpaired) electrons. The molecule has 2 amide bonds. The van der Waals surface area contributed by atoms with Gasteiger partial charge in [0.1, 0.15) is 0 Å². The summed E-state index contributed by atoms with van der Waals surface area (Å²) >= 11 is 0. The van der Waals surface area contributed by atoms with E-state index in [1.165, 1.54) is 18.9 Å². The highest BCUT2D eigenvalue weighted by atomic mass is 32.2. The summed E-state index contributed by atoms with van der Waals surface area (Å²) in [6.07, 6.45) is 9.93. The van der Waals surface area contributed by atoms with E-state index in [0.717, 1.165) is 44.1 Å². The molecule has 4 rings (SSSR count). The number of hydrogen-bond acceptors (Lipinski definition) is 5. The van der Waals surface area contributed by atoms with E-state index >= 15 is 0 Å². The summed E-state index contributed by atoms with van der Waals surface area (Å²) in [5.74, 6) is -0.0312. The van der Waals surface area contributed by atoms with Crippen molar-refractivity contribution in [1.29, 1.82) is 0 Å². The first-order chi connectivity index (χ1) is 16.3. The van der Waals surface area contributed by atoms with E-state index < -0.39 is 21.1 Å². The number of unbranched alkanes of at least 4 members (excludes halogenated alkanes) is 2. The van der Waals surface area contributed by atoms with E-state index in [9.17, 15) is 22.4 Å². The molecule has 1 N–H and O–H groups in total. The fraction of sp³-hybridized carbons (Fsp3) is 0.692. The minimum atomic E-state index is -3.26. The van der Waals surface area contributed by atoms with Gasteiger partial charge in [-0.05, 0) is 68.6 Å². The topological polar surface area (TPSA) is 89.5 Å². The van der Waals surface area contributed by atoms with Crippen molar-refractivity contribution in [3.8, 4) is 5.75 Å². The molecule has 1 heterocycles. The second-order valence-corrected chi connectivity index (χ2v) is 12.7.